The monoisotopic (exact) mass is 353 g/mol. The summed E-state index contributed by atoms with van der Waals surface area (Å²) in [5, 5.41) is 0. The van der Waals surface area contributed by atoms with Crippen LogP contribution >= 0.6 is 0 Å². The van der Waals surface area contributed by atoms with Crippen molar-refractivity contribution >= 4 is 11.8 Å². The Labute approximate surface area is 152 Å². The van der Waals surface area contributed by atoms with Crippen LogP contribution in [-0.2, 0) is 17.6 Å². The topological polar surface area (TPSA) is 65.6 Å². The van der Waals surface area contributed by atoms with Crippen molar-refractivity contribution in [3.63, 3.8) is 0 Å². The maximum Gasteiger partial charge on any atom is 0.255 e. The highest BCUT2D eigenvalue weighted by Crippen LogP contribution is 2.26. The Kier molecular flexibility index (Phi) is 4.65. The molecule has 0 atom stereocenters. The molecular formula is C20H23N3O3. The van der Waals surface area contributed by atoms with Crippen molar-refractivity contribution in [3.05, 3.63) is 53.3 Å². The molecule has 1 saturated heterocycles. The van der Waals surface area contributed by atoms with E-state index in [4.69, 9.17) is 4.74 Å². The molecule has 0 unspecified atom stereocenters. The quantitative estimate of drug-likeness (QED) is 0.916. The van der Waals surface area contributed by atoms with Gasteiger partial charge in [-0.05, 0) is 36.1 Å². The van der Waals surface area contributed by atoms with Gasteiger partial charge in [0.2, 0.25) is 5.91 Å². The Bertz CT molecular complexity index is 793. The van der Waals surface area contributed by atoms with Gasteiger partial charge in [-0.15, -0.1) is 0 Å². The van der Waals surface area contributed by atoms with Gasteiger partial charge in [-0.2, -0.15) is 0 Å². The summed E-state index contributed by atoms with van der Waals surface area (Å²) < 4.78 is 5.63. The van der Waals surface area contributed by atoms with Crippen molar-refractivity contribution < 1.29 is 14.3 Å². The number of carbonyl (C=O) groups is 2. The van der Waals surface area contributed by atoms with Crippen LogP contribution in [0.15, 0.2) is 36.7 Å². The standard InChI is InChI=1S/C20H23N3O3/c24-19(13-15-3-4-18-16(12-15)2-1-11-26-18)22-7-9-23(10-8-22)20(25)17-5-6-21-14-17/h3-6,12,14,21H,1-2,7-11,13H2. The minimum Gasteiger partial charge on any atom is -0.493 e. The van der Waals surface area contributed by atoms with E-state index in [0.29, 0.717) is 38.2 Å². The number of aryl methyl sites for hydroxylation is 1. The molecule has 26 heavy (non-hydrogen) atoms. The first-order valence-electron chi connectivity index (χ1n) is 9.15. The minimum absolute atomic E-state index is 0.0213. The summed E-state index contributed by atoms with van der Waals surface area (Å²) in [6.45, 7) is 3.10. The Morgan fingerprint density at radius 3 is 2.65 bits per heavy atom. The average Bonchev–Trinajstić information content (AvgIpc) is 3.22. The highest BCUT2D eigenvalue weighted by Gasteiger charge is 2.25. The van der Waals surface area contributed by atoms with Crippen LogP contribution in [-0.4, -0.2) is 59.4 Å². The van der Waals surface area contributed by atoms with Crippen molar-refractivity contribution in [2.24, 2.45) is 0 Å². The van der Waals surface area contributed by atoms with E-state index in [-0.39, 0.29) is 11.8 Å². The van der Waals surface area contributed by atoms with Gasteiger partial charge in [-0.3, -0.25) is 9.59 Å². The molecule has 2 aliphatic heterocycles. The maximum atomic E-state index is 12.6. The molecule has 2 aromatic rings. The zero-order valence-electron chi connectivity index (χ0n) is 14.7. The number of carbonyl (C=O) groups excluding carboxylic acids is 2. The van der Waals surface area contributed by atoms with E-state index in [0.717, 1.165) is 30.8 Å². The summed E-state index contributed by atoms with van der Waals surface area (Å²) in [6.07, 6.45) is 5.90. The summed E-state index contributed by atoms with van der Waals surface area (Å²) in [5.41, 5.74) is 2.90. The largest absolute Gasteiger partial charge is 0.493 e. The average molecular weight is 353 g/mol. The van der Waals surface area contributed by atoms with Gasteiger partial charge in [0, 0.05) is 38.6 Å². The number of rotatable bonds is 3. The van der Waals surface area contributed by atoms with Gasteiger partial charge in [-0.1, -0.05) is 12.1 Å². The van der Waals surface area contributed by atoms with E-state index in [9.17, 15) is 9.59 Å². The molecule has 4 rings (SSSR count). The maximum absolute atomic E-state index is 12.6. The molecule has 2 aliphatic rings. The van der Waals surface area contributed by atoms with E-state index in [2.05, 4.69) is 11.1 Å². The fourth-order valence-electron chi connectivity index (χ4n) is 3.61. The number of ether oxygens (including phenoxy) is 1. The van der Waals surface area contributed by atoms with Crippen LogP contribution in [0.2, 0.25) is 0 Å². The van der Waals surface area contributed by atoms with Gasteiger partial charge < -0.3 is 19.5 Å². The third-order valence-electron chi connectivity index (χ3n) is 5.09. The van der Waals surface area contributed by atoms with E-state index in [1.807, 2.05) is 21.9 Å². The van der Waals surface area contributed by atoms with Crippen molar-refractivity contribution in [3.8, 4) is 5.75 Å². The van der Waals surface area contributed by atoms with Crippen LogP contribution in [0.5, 0.6) is 5.75 Å². The molecule has 1 aromatic carbocycles. The minimum atomic E-state index is 0.0213. The first-order chi connectivity index (χ1) is 12.7. The van der Waals surface area contributed by atoms with E-state index < -0.39 is 0 Å². The number of piperazine rings is 1. The normalized spacial score (nSPS) is 16.8. The SMILES string of the molecule is O=C(Cc1ccc2c(c1)CCCO2)N1CCN(C(=O)c2cc[nH]c2)CC1. The van der Waals surface area contributed by atoms with E-state index >= 15 is 0 Å². The van der Waals surface area contributed by atoms with Crippen LogP contribution in [0.1, 0.15) is 27.9 Å². The molecule has 2 amide bonds. The Morgan fingerprint density at radius 2 is 1.88 bits per heavy atom. The fraction of sp³-hybridized carbons (Fsp3) is 0.400. The Balaban J connectivity index is 1.33. The number of nitrogens with one attached hydrogen (secondary N) is 1. The Morgan fingerprint density at radius 1 is 1.08 bits per heavy atom. The van der Waals surface area contributed by atoms with Gasteiger partial charge in [0.15, 0.2) is 0 Å². The molecule has 6 heteroatoms. The predicted molar refractivity (Wildman–Crippen MR) is 97.2 cm³/mol. The molecule has 0 spiro atoms. The number of hydrogen-bond donors (Lipinski definition) is 1. The lowest BCUT2D eigenvalue weighted by molar-refractivity contribution is -0.131. The highest BCUT2D eigenvalue weighted by atomic mass is 16.5. The van der Waals surface area contributed by atoms with Crippen LogP contribution in [0.25, 0.3) is 0 Å². The first kappa shape index (κ1) is 16.7. The lowest BCUT2D eigenvalue weighted by Crippen LogP contribution is -2.50. The number of aromatic nitrogens is 1. The van der Waals surface area contributed by atoms with E-state index in [1.54, 1.807) is 18.5 Å². The molecule has 1 N–H and O–H groups in total. The summed E-state index contributed by atoms with van der Waals surface area (Å²) in [7, 11) is 0. The van der Waals surface area contributed by atoms with Crippen molar-refractivity contribution in [2.45, 2.75) is 19.3 Å². The lowest BCUT2D eigenvalue weighted by Gasteiger charge is -2.34. The van der Waals surface area contributed by atoms with Crippen molar-refractivity contribution in [2.75, 3.05) is 32.8 Å². The zero-order chi connectivity index (χ0) is 17.9. The van der Waals surface area contributed by atoms with Crippen molar-refractivity contribution in [1.82, 2.24) is 14.8 Å². The number of fused-ring (bicyclic) bond motifs is 1. The molecule has 1 fully saturated rings. The fourth-order valence-corrected chi connectivity index (χ4v) is 3.61. The summed E-state index contributed by atoms with van der Waals surface area (Å²) >= 11 is 0. The number of aromatic amines is 1. The van der Waals surface area contributed by atoms with Gasteiger partial charge in [0.05, 0.1) is 18.6 Å². The van der Waals surface area contributed by atoms with Crippen LogP contribution < -0.4 is 4.74 Å². The number of amides is 2. The molecule has 3 heterocycles. The molecule has 0 bridgehead atoms. The highest BCUT2D eigenvalue weighted by molar-refractivity contribution is 5.94. The van der Waals surface area contributed by atoms with Gasteiger partial charge in [0.25, 0.3) is 5.91 Å². The summed E-state index contributed by atoms with van der Waals surface area (Å²) in [6, 6.07) is 7.83. The summed E-state index contributed by atoms with van der Waals surface area (Å²) in [4.78, 5) is 31.6. The molecule has 136 valence electrons. The van der Waals surface area contributed by atoms with Gasteiger partial charge in [-0.25, -0.2) is 0 Å². The first-order valence-corrected chi connectivity index (χ1v) is 9.15. The molecule has 0 radical (unpaired) electrons. The van der Waals surface area contributed by atoms with Crippen LogP contribution in [0.3, 0.4) is 0 Å². The zero-order valence-corrected chi connectivity index (χ0v) is 14.7. The van der Waals surface area contributed by atoms with Crippen LogP contribution in [0.4, 0.5) is 0 Å². The number of nitrogens with zero attached hydrogens (tertiary/aromatic N) is 2. The molecule has 0 aliphatic carbocycles. The summed E-state index contributed by atoms with van der Waals surface area (Å²) in [5.74, 6) is 1.09. The predicted octanol–water partition coefficient (Wildman–Crippen LogP) is 1.87. The number of benzene rings is 1. The molecule has 1 aromatic heterocycles. The number of hydrogen-bond acceptors (Lipinski definition) is 3. The van der Waals surface area contributed by atoms with Crippen LogP contribution in [0, 0.1) is 0 Å². The van der Waals surface area contributed by atoms with E-state index in [1.165, 1.54) is 5.56 Å². The third kappa shape index (κ3) is 3.45. The van der Waals surface area contributed by atoms with Crippen molar-refractivity contribution in [1.29, 1.82) is 0 Å². The van der Waals surface area contributed by atoms with Gasteiger partial charge >= 0.3 is 0 Å². The second-order valence-corrected chi connectivity index (χ2v) is 6.84. The number of H-pyrrole nitrogens is 1. The second kappa shape index (κ2) is 7.23. The van der Waals surface area contributed by atoms with Gasteiger partial charge in [0.1, 0.15) is 5.75 Å². The Hall–Kier alpha value is -2.76. The third-order valence-corrected chi connectivity index (χ3v) is 5.09. The lowest BCUT2D eigenvalue weighted by atomic mass is 10.0. The smallest absolute Gasteiger partial charge is 0.255 e. The second-order valence-electron chi connectivity index (χ2n) is 6.84. The molecular weight excluding hydrogens is 330 g/mol. The molecule has 6 nitrogen and oxygen atoms in total. The molecule has 0 saturated carbocycles.